The molecule has 0 aliphatic heterocycles. The van der Waals surface area contributed by atoms with Gasteiger partial charge in [-0.15, -0.1) is 11.3 Å². The first-order chi connectivity index (χ1) is 8.78. The average Bonchev–Trinajstić information content (AvgIpc) is 2.70. The van der Waals surface area contributed by atoms with E-state index in [9.17, 15) is 13.2 Å². The first kappa shape index (κ1) is 15.8. The monoisotopic (exact) mass is 304 g/mol. The second-order valence-electron chi connectivity index (χ2n) is 4.12. The van der Waals surface area contributed by atoms with E-state index in [-0.39, 0.29) is 12.6 Å². The molecule has 19 heavy (non-hydrogen) atoms. The van der Waals surface area contributed by atoms with Crippen molar-refractivity contribution in [2.75, 3.05) is 0 Å². The first-order valence-electron chi connectivity index (χ1n) is 5.54. The molecule has 1 aromatic heterocycles. The zero-order valence-electron chi connectivity index (χ0n) is 10.6. The van der Waals surface area contributed by atoms with Crippen molar-refractivity contribution in [3.8, 4) is 0 Å². The van der Waals surface area contributed by atoms with Crippen molar-refractivity contribution in [3.63, 3.8) is 0 Å². The third-order valence-corrected chi connectivity index (χ3v) is 4.18. The third kappa shape index (κ3) is 6.48. The SMILES string of the molecule is CC(C)NS(=O)(=O)NCc1cc(/C=C/C(=O)O)cs1. The lowest BCUT2D eigenvalue weighted by Gasteiger charge is -2.09. The Morgan fingerprint density at radius 1 is 1.53 bits per heavy atom. The Labute approximate surface area is 116 Å². The molecule has 1 rings (SSSR count). The fraction of sp³-hybridized carbons (Fsp3) is 0.364. The number of rotatable bonds is 7. The summed E-state index contributed by atoms with van der Waals surface area (Å²) < 4.78 is 27.9. The molecular formula is C11H16N2O4S2. The van der Waals surface area contributed by atoms with Crippen LogP contribution in [0.2, 0.25) is 0 Å². The molecule has 0 saturated heterocycles. The van der Waals surface area contributed by atoms with Crippen LogP contribution in [0.15, 0.2) is 17.5 Å². The van der Waals surface area contributed by atoms with Gasteiger partial charge in [0.05, 0.1) is 0 Å². The Bertz CT molecular complexity index is 561. The Kier molecular flexibility index (Phi) is 5.67. The van der Waals surface area contributed by atoms with E-state index < -0.39 is 16.2 Å². The van der Waals surface area contributed by atoms with E-state index in [0.717, 1.165) is 16.5 Å². The summed E-state index contributed by atoms with van der Waals surface area (Å²) in [4.78, 5) is 11.2. The van der Waals surface area contributed by atoms with Crippen LogP contribution in [0.5, 0.6) is 0 Å². The van der Waals surface area contributed by atoms with Gasteiger partial charge in [-0.3, -0.25) is 0 Å². The van der Waals surface area contributed by atoms with Crippen molar-refractivity contribution in [3.05, 3.63) is 28.0 Å². The summed E-state index contributed by atoms with van der Waals surface area (Å²) in [6.45, 7) is 3.64. The summed E-state index contributed by atoms with van der Waals surface area (Å²) in [5.74, 6) is -1.02. The normalized spacial score (nSPS) is 12.4. The van der Waals surface area contributed by atoms with Crippen LogP contribution in [-0.4, -0.2) is 25.5 Å². The molecule has 0 fully saturated rings. The number of nitrogens with one attached hydrogen (secondary N) is 2. The summed E-state index contributed by atoms with van der Waals surface area (Å²) in [6.07, 6.45) is 2.50. The van der Waals surface area contributed by atoms with E-state index in [1.54, 1.807) is 25.3 Å². The second-order valence-corrected chi connectivity index (χ2v) is 6.64. The third-order valence-electron chi connectivity index (χ3n) is 1.92. The molecule has 0 radical (unpaired) electrons. The second kappa shape index (κ2) is 6.80. The lowest BCUT2D eigenvalue weighted by atomic mass is 10.3. The topological polar surface area (TPSA) is 95.5 Å². The molecule has 0 aromatic carbocycles. The maximum atomic E-state index is 11.5. The summed E-state index contributed by atoms with van der Waals surface area (Å²) >= 11 is 1.36. The van der Waals surface area contributed by atoms with Gasteiger partial charge in [-0.25, -0.2) is 4.79 Å². The molecule has 0 unspecified atom stereocenters. The predicted molar refractivity (Wildman–Crippen MR) is 75.0 cm³/mol. The van der Waals surface area contributed by atoms with Crippen LogP contribution in [0.3, 0.4) is 0 Å². The highest BCUT2D eigenvalue weighted by Gasteiger charge is 2.11. The van der Waals surface area contributed by atoms with Crippen molar-refractivity contribution in [2.24, 2.45) is 0 Å². The number of aliphatic carboxylic acids is 1. The van der Waals surface area contributed by atoms with Crippen LogP contribution in [0.1, 0.15) is 24.3 Å². The van der Waals surface area contributed by atoms with Gasteiger partial charge < -0.3 is 5.11 Å². The number of thiophene rings is 1. The van der Waals surface area contributed by atoms with E-state index in [1.807, 2.05) is 0 Å². The molecule has 0 aliphatic rings. The minimum atomic E-state index is -3.50. The van der Waals surface area contributed by atoms with E-state index in [4.69, 9.17) is 5.11 Å². The van der Waals surface area contributed by atoms with Gasteiger partial charge in [0.2, 0.25) is 0 Å². The van der Waals surface area contributed by atoms with Crippen molar-refractivity contribution in [1.82, 2.24) is 9.44 Å². The quantitative estimate of drug-likeness (QED) is 0.659. The van der Waals surface area contributed by atoms with Crippen LogP contribution < -0.4 is 9.44 Å². The fourth-order valence-corrected chi connectivity index (χ4v) is 3.20. The van der Waals surface area contributed by atoms with Gasteiger partial charge in [-0.05, 0) is 36.9 Å². The molecule has 1 aromatic rings. The van der Waals surface area contributed by atoms with E-state index >= 15 is 0 Å². The van der Waals surface area contributed by atoms with Gasteiger partial charge in [-0.2, -0.15) is 17.9 Å². The van der Waals surface area contributed by atoms with E-state index in [2.05, 4.69) is 9.44 Å². The highest BCUT2D eigenvalue weighted by molar-refractivity contribution is 7.87. The Morgan fingerprint density at radius 2 is 2.21 bits per heavy atom. The molecule has 0 aliphatic carbocycles. The van der Waals surface area contributed by atoms with Crippen LogP contribution in [0.4, 0.5) is 0 Å². The summed E-state index contributed by atoms with van der Waals surface area (Å²) in [7, 11) is -3.50. The first-order valence-corrected chi connectivity index (χ1v) is 7.90. The van der Waals surface area contributed by atoms with E-state index in [1.165, 1.54) is 17.4 Å². The maximum Gasteiger partial charge on any atom is 0.328 e. The zero-order valence-corrected chi connectivity index (χ0v) is 12.2. The molecular weight excluding hydrogens is 288 g/mol. The minimum absolute atomic E-state index is 0.171. The largest absolute Gasteiger partial charge is 0.478 e. The molecule has 0 saturated carbocycles. The van der Waals surface area contributed by atoms with Crippen LogP contribution in [0.25, 0.3) is 6.08 Å². The summed E-state index contributed by atoms with van der Waals surface area (Å²) in [5, 5.41) is 10.3. The van der Waals surface area contributed by atoms with Crippen molar-refractivity contribution in [2.45, 2.75) is 26.4 Å². The van der Waals surface area contributed by atoms with Crippen LogP contribution >= 0.6 is 11.3 Å². The number of hydrogen-bond donors (Lipinski definition) is 3. The molecule has 0 bridgehead atoms. The maximum absolute atomic E-state index is 11.5. The van der Waals surface area contributed by atoms with E-state index in [0.29, 0.717) is 0 Å². The predicted octanol–water partition coefficient (Wildman–Crippen LogP) is 1.18. The standard InChI is InChI=1S/C11H16N2O4S2/c1-8(2)13-19(16,17)12-6-10-5-9(7-18-10)3-4-11(14)15/h3-5,7-8,12-13H,6H2,1-2H3,(H,14,15)/b4-3+. The van der Waals surface area contributed by atoms with Gasteiger partial charge in [0.25, 0.3) is 10.2 Å². The van der Waals surface area contributed by atoms with Crippen LogP contribution in [0, 0.1) is 0 Å². The molecule has 1 heterocycles. The number of hydrogen-bond acceptors (Lipinski definition) is 4. The highest BCUT2D eigenvalue weighted by atomic mass is 32.2. The Balaban J connectivity index is 2.57. The van der Waals surface area contributed by atoms with Crippen LogP contribution in [-0.2, 0) is 21.5 Å². The molecule has 8 heteroatoms. The van der Waals surface area contributed by atoms with Gasteiger partial charge in [0.1, 0.15) is 0 Å². The molecule has 0 amide bonds. The van der Waals surface area contributed by atoms with Gasteiger partial charge in [0, 0.05) is 23.5 Å². The number of carboxylic acids is 1. The molecule has 106 valence electrons. The highest BCUT2D eigenvalue weighted by Crippen LogP contribution is 2.16. The molecule has 6 nitrogen and oxygen atoms in total. The fourth-order valence-electron chi connectivity index (χ4n) is 1.26. The number of carboxylic acid groups (broad SMARTS) is 1. The lowest BCUT2D eigenvalue weighted by Crippen LogP contribution is -2.39. The Morgan fingerprint density at radius 3 is 2.79 bits per heavy atom. The molecule has 3 N–H and O–H groups in total. The summed E-state index contributed by atoms with van der Waals surface area (Å²) in [5.41, 5.74) is 0.735. The van der Waals surface area contributed by atoms with Gasteiger partial charge in [0.15, 0.2) is 0 Å². The molecule has 0 atom stereocenters. The summed E-state index contributed by atoms with van der Waals surface area (Å²) in [6, 6.07) is 1.57. The van der Waals surface area contributed by atoms with Crippen molar-refractivity contribution < 1.29 is 18.3 Å². The smallest absolute Gasteiger partial charge is 0.328 e. The lowest BCUT2D eigenvalue weighted by molar-refractivity contribution is -0.131. The van der Waals surface area contributed by atoms with Crippen molar-refractivity contribution >= 4 is 33.6 Å². The average molecular weight is 304 g/mol. The van der Waals surface area contributed by atoms with Gasteiger partial charge in [-0.1, -0.05) is 0 Å². The molecule has 0 spiro atoms. The van der Waals surface area contributed by atoms with Crippen molar-refractivity contribution in [1.29, 1.82) is 0 Å². The Hall–Kier alpha value is -1.22. The zero-order chi connectivity index (χ0) is 14.5. The minimum Gasteiger partial charge on any atom is -0.478 e. The number of carbonyl (C=O) groups is 1. The van der Waals surface area contributed by atoms with Gasteiger partial charge >= 0.3 is 5.97 Å².